The van der Waals surface area contributed by atoms with E-state index in [1.54, 1.807) is 18.3 Å². The Kier molecular flexibility index (Phi) is 5.35. The molecule has 0 aliphatic carbocycles. The van der Waals surface area contributed by atoms with Gasteiger partial charge in [-0.15, -0.1) is 0 Å². The molecule has 144 valence electrons. The van der Waals surface area contributed by atoms with Crippen LogP contribution in [0.2, 0.25) is 0 Å². The van der Waals surface area contributed by atoms with Gasteiger partial charge in [-0.3, -0.25) is 14.9 Å². The number of phenolic OH excluding ortho intramolecular Hbond substituents is 1. The molecular weight excluding hydrogens is 479 g/mol. The number of halogens is 1. The van der Waals surface area contributed by atoms with E-state index in [2.05, 4.69) is 33.2 Å². The summed E-state index contributed by atoms with van der Waals surface area (Å²) in [5.41, 5.74) is 4.07. The van der Waals surface area contributed by atoms with Crippen molar-refractivity contribution < 1.29 is 14.7 Å². The molecule has 6 heteroatoms. The summed E-state index contributed by atoms with van der Waals surface area (Å²) in [6.07, 6.45) is 1.61. The largest absolute Gasteiger partial charge is 0.507 e. The number of carbonyl (C=O) groups is 2. The summed E-state index contributed by atoms with van der Waals surface area (Å²) in [5.74, 6) is -0.622. The molecule has 0 fully saturated rings. The highest BCUT2D eigenvalue weighted by Gasteiger charge is 2.27. The maximum absolute atomic E-state index is 12.3. The Hall–Kier alpha value is -3.13. The molecule has 1 aliphatic rings. The fourth-order valence-electron chi connectivity index (χ4n) is 3.26. The Bertz CT molecular complexity index is 1140. The predicted octanol–water partition coefficient (Wildman–Crippen LogP) is 4.06. The van der Waals surface area contributed by atoms with Crippen molar-refractivity contribution >= 4 is 40.0 Å². The van der Waals surface area contributed by atoms with Crippen LogP contribution in [-0.2, 0) is 11.3 Å². The lowest BCUT2D eigenvalue weighted by atomic mass is 9.95. The molecule has 0 radical (unpaired) electrons. The zero-order valence-corrected chi connectivity index (χ0v) is 17.4. The number of imide groups is 1. The molecule has 0 atom stereocenters. The molecule has 1 heterocycles. The van der Waals surface area contributed by atoms with Crippen LogP contribution in [0.15, 0.2) is 72.9 Å². The quantitative estimate of drug-likeness (QED) is 0.289. The first-order valence-electron chi connectivity index (χ1n) is 8.99. The van der Waals surface area contributed by atoms with Gasteiger partial charge in [0.05, 0.1) is 5.57 Å². The average molecular weight is 496 g/mol. The van der Waals surface area contributed by atoms with Gasteiger partial charge in [0, 0.05) is 33.0 Å². The second-order valence-corrected chi connectivity index (χ2v) is 7.88. The van der Waals surface area contributed by atoms with Crippen LogP contribution in [0.4, 0.5) is 0 Å². The van der Waals surface area contributed by atoms with Crippen LogP contribution in [0.5, 0.6) is 5.75 Å². The smallest absolute Gasteiger partial charge is 0.260 e. The van der Waals surface area contributed by atoms with Crippen molar-refractivity contribution in [1.29, 1.82) is 0 Å². The minimum atomic E-state index is -0.431. The molecule has 2 amide bonds. The molecule has 4 rings (SSSR count). The van der Waals surface area contributed by atoms with E-state index in [-0.39, 0.29) is 11.7 Å². The van der Waals surface area contributed by atoms with Gasteiger partial charge in [0.2, 0.25) is 0 Å². The van der Waals surface area contributed by atoms with Crippen LogP contribution in [-0.4, -0.2) is 16.9 Å². The minimum absolute atomic E-state index is 0.198. The SMILES string of the molecule is O=C1NC(=O)c2ccc(I)cc2C1=CNCc1ccc(-c2ccccc2)c(O)c1. The van der Waals surface area contributed by atoms with Crippen LogP contribution in [0.3, 0.4) is 0 Å². The zero-order chi connectivity index (χ0) is 20.4. The number of amides is 2. The molecule has 0 aromatic heterocycles. The summed E-state index contributed by atoms with van der Waals surface area (Å²) in [7, 11) is 0. The van der Waals surface area contributed by atoms with E-state index in [1.165, 1.54) is 0 Å². The Morgan fingerprint density at radius 2 is 1.66 bits per heavy atom. The normalized spacial score (nSPS) is 14.4. The summed E-state index contributed by atoms with van der Waals surface area (Å²) >= 11 is 2.15. The lowest BCUT2D eigenvalue weighted by Gasteiger charge is -2.18. The Balaban J connectivity index is 1.54. The fraction of sp³-hybridized carbons (Fsp3) is 0.0435. The maximum atomic E-state index is 12.3. The first-order valence-corrected chi connectivity index (χ1v) is 10.1. The second-order valence-electron chi connectivity index (χ2n) is 6.63. The topological polar surface area (TPSA) is 78.4 Å². The molecule has 0 saturated heterocycles. The summed E-state index contributed by atoms with van der Waals surface area (Å²) < 4.78 is 0.941. The molecule has 0 bridgehead atoms. The van der Waals surface area contributed by atoms with Crippen molar-refractivity contribution in [2.75, 3.05) is 0 Å². The van der Waals surface area contributed by atoms with Crippen LogP contribution in [0, 0.1) is 3.57 Å². The van der Waals surface area contributed by atoms with Crippen molar-refractivity contribution in [3.05, 3.63) is 93.2 Å². The molecule has 3 N–H and O–H groups in total. The van der Waals surface area contributed by atoms with E-state index in [0.717, 1.165) is 20.3 Å². The van der Waals surface area contributed by atoms with Crippen molar-refractivity contribution in [2.45, 2.75) is 6.54 Å². The lowest BCUT2D eigenvalue weighted by molar-refractivity contribution is -0.114. The Morgan fingerprint density at radius 3 is 2.41 bits per heavy atom. The van der Waals surface area contributed by atoms with Crippen molar-refractivity contribution in [3.63, 3.8) is 0 Å². The zero-order valence-electron chi connectivity index (χ0n) is 15.3. The van der Waals surface area contributed by atoms with Crippen LogP contribution >= 0.6 is 22.6 Å². The van der Waals surface area contributed by atoms with E-state index >= 15 is 0 Å². The molecule has 0 unspecified atom stereocenters. The summed E-state index contributed by atoms with van der Waals surface area (Å²) in [5, 5.41) is 15.9. The number of benzene rings is 3. The number of hydrogen-bond donors (Lipinski definition) is 3. The van der Waals surface area contributed by atoms with E-state index in [0.29, 0.717) is 23.2 Å². The van der Waals surface area contributed by atoms with Crippen LogP contribution < -0.4 is 10.6 Å². The Morgan fingerprint density at radius 1 is 0.897 bits per heavy atom. The van der Waals surface area contributed by atoms with Gasteiger partial charge in [-0.2, -0.15) is 0 Å². The van der Waals surface area contributed by atoms with Gasteiger partial charge in [-0.1, -0.05) is 42.5 Å². The molecule has 29 heavy (non-hydrogen) atoms. The molecule has 3 aromatic carbocycles. The standard InChI is InChI=1S/C23H17IN2O3/c24-16-7-9-18-19(11-16)20(23(29)26-22(18)28)13-25-12-14-6-8-17(21(27)10-14)15-4-2-1-3-5-15/h1-11,13,25,27H,12H2,(H,26,28,29). The van der Waals surface area contributed by atoms with Gasteiger partial charge in [-0.25, -0.2) is 0 Å². The third-order valence-electron chi connectivity index (χ3n) is 4.69. The van der Waals surface area contributed by atoms with Crippen molar-refractivity contribution in [2.24, 2.45) is 0 Å². The van der Waals surface area contributed by atoms with E-state index < -0.39 is 5.91 Å². The number of aromatic hydroxyl groups is 1. The third kappa shape index (κ3) is 4.02. The molecule has 0 saturated carbocycles. The Labute approximate surface area is 181 Å². The molecule has 3 aromatic rings. The number of rotatable bonds is 4. The number of phenols is 1. The highest BCUT2D eigenvalue weighted by Crippen LogP contribution is 2.30. The number of fused-ring (bicyclic) bond motifs is 1. The van der Waals surface area contributed by atoms with Gasteiger partial charge in [0.15, 0.2) is 0 Å². The van der Waals surface area contributed by atoms with E-state index in [1.807, 2.05) is 54.6 Å². The summed E-state index contributed by atoms with van der Waals surface area (Å²) in [6, 6.07) is 20.5. The van der Waals surface area contributed by atoms with Crippen molar-refractivity contribution in [1.82, 2.24) is 10.6 Å². The third-order valence-corrected chi connectivity index (χ3v) is 5.36. The first-order chi connectivity index (χ1) is 14.0. The highest BCUT2D eigenvalue weighted by molar-refractivity contribution is 14.1. The predicted molar refractivity (Wildman–Crippen MR) is 120 cm³/mol. The maximum Gasteiger partial charge on any atom is 0.260 e. The number of carbonyl (C=O) groups excluding carboxylic acids is 2. The molecule has 1 aliphatic heterocycles. The van der Waals surface area contributed by atoms with Gasteiger partial charge >= 0.3 is 0 Å². The highest BCUT2D eigenvalue weighted by atomic mass is 127. The van der Waals surface area contributed by atoms with Crippen LogP contribution in [0.25, 0.3) is 16.7 Å². The van der Waals surface area contributed by atoms with Crippen LogP contribution in [0.1, 0.15) is 21.5 Å². The molecule has 5 nitrogen and oxygen atoms in total. The van der Waals surface area contributed by atoms with Gasteiger partial charge in [0.1, 0.15) is 5.75 Å². The molecule has 0 spiro atoms. The fourth-order valence-corrected chi connectivity index (χ4v) is 3.75. The minimum Gasteiger partial charge on any atom is -0.507 e. The second kappa shape index (κ2) is 8.08. The molecular formula is C23H17IN2O3. The van der Waals surface area contributed by atoms with E-state index in [9.17, 15) is 14.7 Å². The van der Waals surface area contributed by atoms with Crippen molar-refractivity contribution in [3.8, 4) is 16.9 Å². The monoisotopic (exact) mass is 496 g/mol. The van der Waals surface area contributed by atoms with Gasteiger partial charge < -0.3 is 10.4 Å². The lowest BCUT2D eigenvalue weighted by Crippen LogP contribution is -2.37. The number of hydrogen-bond acceptors (Lipinski definition) is 4. The number of nitrogens with one attached hydrogen (secondary N) is 2. The summed E-state index contributed by atoms with van der Waals surface area (Å²) in [6.45, 7) is 0.423. The van der Waals surface area contributed by atoms with Gasteiger partial charge in [0.25, 0.3) is 11.8 Å². The summed E-state index contributed by atoms with van der Waals surface area (Å²) in [4.78, 5) is 24.3. The van der Waals surface area contributed by atoms with E-state index in [4.69, 9.17) is 0 Å². The van der Waals surface area contributed by atoms with Gasteiger partial charge in [-0.05, 0) is 58.0 Å². The first kappa shape index (κ1) is 19.2. The average Bonchev–Trinajstić information content (AvgIpc) is 2.71.